The summed E-state index contributed by atoms with van der Waals surface area (Å²) in [6, 6.07) is 14.9. The lowest BCUT2D eigenvalue weighted by Crippen LogP contribution is -1.96. The molecule has 2 aromatic rings. The third-order valence-electron chi connectivity index (χ3n) is 2.72. The molecule has 0 aliphatic carbocycles. The molecule has 3 nitrogen and oxygen atoms in total. The first kappa shape index (κ1) is 10.2. The van der Waals surface area contributed by atoms with Gasteiger partial charge in [-0.15, -0.1) is 0 Å². The molecule has 0 saturated heterocycles. The lowest BCUT2D eigenvalue weighted by atomic mass is 10.0. The Balaban J connectivity index is 2.33. The molecular weight excluding hydrogens is 234 g/mol. The predicted octanol–water partition coefficient (Wildman–Crippen LogP) is 2.47. The van der Waals surface area contributed by atoms with E-state index in [0.29, 0.717) is 16.0 Å². The van der Waals surface area contributed by atoms with Gasteiger partial charge in [-0.2, -0.15) is 12.8 Å². The molecule has 0 aromatic heterocycles. The summed E-state index contributed by atoms with van der Waals surface area (Å²) in [5, 5.41) is 0. The van der Waals surface area contributed by atoms with Gasteiger partial charge in [0.15, 0.2) is 0 Å². The van der Waals surface area contributed by atoms with Crippen LogP contribution < -0.4 is 0 Å². The van der Waals surface area contributed by atoms with Gasteiger partial charge in [-0.05, 0) is 5.56 Å². The Morgan fingerprint density at radius 1 is 0.882 bits per heavy atom. The highest BCUT2D eigenvalue weighted by Gasteiger charge is 2.25. The van der Waals surface area contributed by atoms with Crippen LogP contribution in [0.2, 0.25) is 0 Å². The number of hydrogen-bond donors (Lipinski definition) is 0. The van der Waals surface area contributed by atoms with E-state index in [9.17, 15) is 8.42 Å². The van der Waals surface area contributed by atoms with E-state index in [0.717, 1.165) is 5.56 Å². The van der Waals surface area contributed by atoms with Crippen molar-refractivity contribution in [3.63, 3.8) is 0 Å². The average Bonchev–Trinajstić information content (AvgIpc) is 2.67. The van der Waals surface area contributed by atoms with Gasteiger partial charge < -0.3 is 0 Å². The maximum atomic E-state index is 11.8. The van der Waals surface area contributed by atoms with Gasteiger partial charge in [0.25, 0.3) is 10.0 Å². The quantitative estimate of drug-likeness (QED) is 0.772. The van der Waals surface area contributed by atoms with Gasteiger partial charge >= 0.3 is 0 Å². The van der Waals surface area contributed by atoms with Gasteiger partial charge in [0.2, 0.25) is 0 Å². The number of sulfonamides is 1. The first-order valence-electron chi connectivity index (χ1n) is 5.17. The van der Waals surface area contributed by atoms with E-state index in [1.165, 1.54) is 6.21 Å². The number of benzene rings is 2. The van der Waals surface area contributed by atoms with E-state index in [1.807, 2.05) is 36.4 Å². The SMILES string of the molecule is O=S1(=O)N=Cc2cccc(-c3ccccc3)c21. The van der Waals surface area contributed by atoms with E-state index >= 15 is 0 Å². The Labute approximate surface area is 99.5 Å². The van der Waals surface area contributed by atoms with Crippen LogP contribution >= 0.6 is 0 Å². The molecule has 4 heteroatoms. The highest BCUT2D eigenvalue weighted by molar-refractivity contribution is 7.90. The molecule has 0 N–H and O–H groups in total. The summed E-state index contributed by atoms with van der Waals surface area (Å²) in [4.78, 5) is 0.311. The van der Waals surface area contributed by atoms with E-state index in [1.54, 1.807) is 12.1 Å². The van der Waals surface area contributed by atoms with E-state index in [-0.39, 0.29) is 0 Å². The lowest BCUT2D eigenvalue weighted by Gasteiger charge is -2.06. The molecule has 84 valence electrons. The highest BCUT2D eigenvalue weighted by atomic mass is 32.2. The zero-order valence-electron chi connectivity index (χ0n) is 8.87. The Morgan fingerprint density at radius 2 is 1.65 bits per heavy atom. The van der Waals surface area contributed by atoms with Gasteiger partial charge in [-0.1, -0.05) is 48.5 Å². The average molecular weight is 243 g/mol. The normalized spacial score (nSPS) is 15.8. The largest absolute Gasteiger partial charge is 0.283 e. The van der Waals surface area contributed by atoms with Crippen LogP contribution in [0.25, 0.3) is 11.1 Å². The van der Waals surface area contributed by atoms with Crippen LogP contribution in [0.5, 0.6) is 0 Å². The second-order valence-corrected chi connectivity index (χ2v) is 5.37. The predicted molar refractivity (Wildman–Crippen MR) is 66.7 cm³/mol. The van der Waals surface area contributed by atoms with Gasteiger partial charge in [-0.3, -0.25) is 0 Å². The van der Waals surface area contributed by atoms with Crippen molar-refractivity contribution < 1.29 is 8.42 Å². The van der Waals surface area contributed by atoms with Crippen molar-refractivity contribution in [2.45, 2.75) is 4.90 Å². The minimum Gasteiger partial charge on any atom is -0.199 e. The standard InChI is InChI=1S/C13H9NO2S/c15-17(16)13-11(9-14-17)7-4-8-12(13)10-5-2-1-3-6-10/h1-9H. The number of nitrogens with zero attached hydrogens (tertiary/aromatic N) is 1. The summed E-state index contributed by atoms with van der Waals surface area (Å²) in [5.41, 5.74) is 2.25. The van der Waals surface area contributed by atoms with Crippen LogP contribution in [-0.4, -0.2) is 14.6 Å². The van der Waals surface area contributed by atoms with E-state index < -0.39 is 10.0 Å². The smallest absolute Gasteiger partial charge is 0.199 e. The summed E-state index contributed by atoms with van der Waals surface area (Å²) in [5.74, 6) is 0. The van der Waals surface area contributed by atoms with Crippen molar-refractivity contribution >= 4 is 16.2 Å². The molecule has 2 aromatic carbocycles. The van der Waals surface area contributed by atoms with Crippen molar-refractivity contribution in [3.8, 4) is 11.1 Å². The maximum absolute atomic E-state index is 11.8. The van der Waals surface area contributed by atoms with Crippen molar-refractivity contribution in [3.05, 3.63) is 54.1 Å². The number of rotatable bonds is 1. The molecule has 0 saturated carbocycles. The monoisotopic (exact) mass is 243 g/mol. The zero-order valence-corrected chi connectivity index (χ0v) is 9.68. The van der Waals surface area contributed by atoms with Crippen molar-refractivity contribution in [2.24, 2.45) is 4.40 Å². The van der Waals surface area contributed by atoms with Crippen LogP contribution in [0.4, 0.5) is 0 Å². The Morgan fingerprint density at radius 3 is 2.41 bits per heavy atom. The third kappa shape index (κ3) is 1.57. The molecule has 1 heterocycles. The first-order valence-corrected chi connectivity index (χ1v) is 6.61. The van der Waals surface area contributed by atoms with Crippen LogP contribution in [0.15, 0.2) is 57.8 Å². The van der Waals surface area contributed by atoms with E-state index in [4.69, 9.17) is 0 Å². The Kier molecular flexibility index (Phi) is 2.12. The summed E-state index contributed by atoms with van der Waals surface area (Å²) >= 11 is 0. The molecule has 0 radical (unpaired) electrons. The highest BCUT2D eigenvalue weighted by Crippen LogP contribution is 2.33. The van der Waals surface area contributed by atoms with Gasteiger partial charge in [0.1, 0.15) is 4.90 Å². The van der Waals surface area contributed by atoms with Crippen LogP contribution in [-0.2, 0) is 10.0 Å². The minimum absolute atomic E-state index is 0.311. The van der Waals surface area contributed by atoms with E-state index in [2.05, 4.69) is 4.40 Å². The fourth-order valence-electron chi connectivity index (χ4n) is 1.97. The topological polar surface area (TPSA) is 46.5 Å². The molecule has 1 aliphatic rings. The van der Waals surface area contributed by atoms with Crippen LogP contribution in [0.3, 0.4) is 0 Å². The lowest BCUT2D eigenvalue weighted by molar-refractivity contribution is 0.599. The van der Waals surface area contributed by atoms with Crippen LogP contribution in [0, 0.1) is 0 Å². The second-order valence-electron chi connectivity index (χ2n) is 3.80. The molecule has 0 bridgehead atoms. The molecule has 3 rings (SSSR count). The van der Waals surface area contributed by atoms with Crippen molar-refractivity contribution in [1.29, 1.82) is 0 Å². The minimum atomic E-state index is -3.51. The van der Waals surface area contributed by atoms with Gasteiger partial charge in [0, 0.05) is 17.3 Å². The summed E-state index contributed by atoms with van der Waals surface area (Å²) in [7, 11) is -3.51. The van der Waals surface area contributed by atoms with Crippen molar-refractivity contribution in [1.82, 2.24) is 0 Å². The molecule has 0 spiro atoms. The molecule has 0 unspecified atom stereocenters. The fourth-order valence-corrected chi connectivity index (χ4v) is 3.21. The maximum Gasteiger partial charge on any atom is 0.283 e. The molecule has 0 fully saturated rings. The van der Waals surface area contributed by atoms with Gasteiger partial charge in [-0.25, -0.2) is 0 Å². The summed E-state index contributed by atoms with van der Waals surface area (Å²) < 4.78 is 27.3. The zero-order chi connectivity index (χ0) is 11.9. The molecule has 17 heavy (non-hydrogen) atoms. The molecule has 1 aliphatic heterocycles. The van der Waals surface area contributed by atoms with Crippen LogP contribution in [0.1, 0.15) is 5.56 Å². The third-order valence-corrected chi connectivity index (χ3v) is 4.07. The molecule has 0 amide bonds. The van der Waals surface area contributed by atoms with Crippen molar-refractivity contribution in [2.75, 3.05) is 0 Å². The second kappa shape index (κ2) is 3.53. The van der Waals surface area contributed by atoms with Gasteiger partial charge in [0.05, 0.1) is 0 Å². The summed E-state index contributed by atoms with van der Waals surface area (Å²) in [6.45, 7) is 0. The number of hydrogen-bond acceptors (Lipinski definition) is 2. The Bertz CT molecular complexity index is 703. The fraction of sp³-hybridized carbons (Fsp3) is 0. The Hall–Kier alpha value is -1.94. The molecule has 0 atom stereocenters. The first-order chi connectivity index (χ1) is 8.18. The molecular formula is C13H9NO2S. The number of fused-ring (bicyclic) bond motifs is 1. The summed E-state index contributed by atoms with van der Waals surface area (Å²) in [6.07, 6.45) is 1.40.